The number of halogens is 2. The number of hydrogen-bond donors (Lipinski definition) is 2. The van der Waals surface area contributed by atoms with Crippen LogP contribution in [0.15, 0.2) is 36.4 Å². The van der Waals surface area contributed by atoms with Crippen molar-refractivity contribution >= 4 is 41.0 Å². The van der Waals surface area contributed by atoms with Crippen molar-refractivity contribution in [3.63, 3.8) is 0 Å². The molecule has 2 N–H and O–H groups in total. The molecule has 0 bridgehead atoms. The second kappa shape index (κ2) is 11.8. The molecule has 2 aromatic rings. The van der Waals surface area contributed by atoms with E-state index in [1.165, 1.54) is 0 Å². The lowest BCUT2D eigenvalue weighted by atomic mass is 10.1. The molecule has 1 amide bonds. The fraction of sp³-hybridized carbons (Fsp3) is 0.364. The van der Waals surface area contributed by atoms with Gasteiger partial charge in [0, 0.05) is 6.42 Å². The van der Waals surface area contributed by atoms with Crippen LogP contribution in [0, 0.1) is 0 Å². The van der Waals surface area contributed by atoms with E-state index < -0.39 is 18.2 Å². The molecular formula is C22H25Cl2NO6. The molecule has 0 radical (unpaired) electrons. The summed E-state index contributed by atoms with van der Waals surface area (Å²) in [5, 5.41) is 12.8. The van der Waals surface area contributed by atoms with Gasteiger partial charge in [-0.3, -0.25) is 5.32 Å². The highest BCUT2D eigenvalue weighted by Crippen LogP contribution is 2.28. The second-order valence-electron chi connectivity index (χ2n) is 6.93. The summed E-state index contributed by atoms with van der Waals surface area (Å²) >= 11 is 11.9. The summed E-state index contributed by atoms with van der Waals surface area (Å²) < 4.78 is 16.3. The average Bonchev–Trinajstić information content (AvgIpc) is 2.70. The van der Waals surface area contributed by atoms with Crippen molar-refractivity contribution in [2.24, 2.45) is 0 Å². The van der Waals surface area contributed by atoms with Crippen molar-refractivity contribution < 1.29 is 28.9 Å². The van der Waals surface area contributed by atoms with Gasteiger partial charge in [-0.2, -0.15) is 0 Å². The second-order valence-corrected chi connectivity index (χ2v) is 7.74. The van der Waals surface area contributed by atoms with Gasteiger partial charge in [-0.05, 0) is 56.2 Å². The first-order valence-corrected chi connectivity index (χ1v) is 10.5. The fourth-order valence-corrected chi connectivity index (χ4v) is 3.06. The van der Waals surface area contributed by atoms with Crippen molar-refractivity contribution in [2.45, 2.75) is 46.0 Å². The van der Waals surface area contributed by atoms with Gasteiger partial charge in [0.2, 0.25) is 0 Å². The molecular weight excluding hydrogens is 445 g/mol. The Labute approximate surface area is 191 Å². The Balaban J connectivity index is 2.11. The van der Waals surface area contributed by atoms with Crippen LogP contribution in [0.3, 0.4) is 0 Å². The zero-order valence-electron chi connectivity index (χ0n) is 17.5. The number of amides is 1. The topological polar surface area (TPSA) is 94.1 Å². The maximum atomic E-state index is 12.3. The zero-order valence-corrected chi connectivity index (χ0v) is 19.0. The predicted molar refractivity (Wildman–Crippen MR) is 119 cm³/mol. The lowest BCUT2D eigenvalue weighted by Gasteiger charge is -2.18. The van der Waals surface area contributed by atoms with Crippen LogP contribution in [-0.2, 0) is 27.3 Å². The van der Waals surface area contributed by atoms with E-state index in [2.05, 4.69) is 5.32 Å². The molecule has 1 atom stereocenters. The molecule has 2 rings (SSSR count). The van der Waals surface area contributed by atoms with Crippen molar-refractivity contribution in [1.29, 1.82) is 0 Å². The Kier molecular flexibility index (Phi) is 9.43. The molecule has 0 fully saturated rings. The molecule has 0 spiro atoms. The Morgan fingerprint density at radius 3 is 2.39 bits per heavy atom. The minimum Gasteiger partial charge on any atom is -0.492 e. The highest BCUT2D eigenvalue weighted by molar-refractivity contribution is 6.42. The first-order valence-electron chi connectivity index (χ1n) is 9.71. The molecule has 1 unspecified atom stereocenters. The Hall–Kier alpha value is -2.48. The number of rotatable bonds is 10. The first kappa shape index (κ1) is 24.8. The van der Waals surface area contributed by atoms with E-state index in [1.54, 1.807) is 50.2 Å². The van der Waals surface area contributed by atoms with E-state index in [1.807, 2.05) is 6.92 Å². The predicted octanol–water partition coefficient (Wildman–Crippen LogP) is 5.56. The van der Waals surface area contributed by atoms with Crippen LogP contribution < -0.4 is 10.1 Å². The highest BCUT2D eigenvalue weighted by Gasteiger charge is 2.21. The zero-order chi connectivity index (χ0) is 23.0. The van der Waals surface area contributed by atoms with E-state index >= 15 is 0 Å². The smallest absolute Gasteiger partial charge is 0.412 e. The summed E-state index contributed by atoms with van der Waals surface area (Å²) in [6.07, 6.45) is -1.81. The number of aliphatic carboxylic acids is 1. The number of carbonyl (C=O) groups is 2. The van der Waals surface area contributed by atoms with Crippen LogP contribution in [0.1, 0.15) is 31.9 Å². The summed E-state index contributed by atoms with van der Waals surface area (Å²) in [7, 11) is 0. The van der Waals surface area contributed by atoms with Crippen LogP contribution in [0.2, 0.25) is 10.0 Å². The monoisotopic (exact) mass is 469 g/mol. The molecule has 0 saturated carbocycles. The number of carboxylic acids is 1. The third-order valence-corrected chi connectivity index (χ3v) is 4.81. The minimum atomic E-state index is -1.06. The lowest BCUT2D eigenvalue weighted by molar-refractivity contribution is -0.153. The average molecular weight is 470 g/mol. The largest absolute Gasteiger partial charge is 0.492 e. The third kappa shape index (κ3) is 7.94. The quantitative estimate of drug-likeness (QED) is 0.472. The summed E-state index contributed by atoms with van der Waals surface area (Å²) in [5.74, 6) is -0.618. The molecule has 0 aromatic heterocycles. The van der Waals surface area contributed by atoms with Crippen LogP contribution in [0.25, 0.3) is 0 Å². The molecule has 0 aliphatic rings. The molecule has 0 aliphatic heterocycles. The molecule has 0 saturated heterocycles. The van der Waals surface area contributed by atoms with Gasteiger partial charge in [0.05, 0.1) is 28.4 Å². The normalized spacial score (nSPS) is 11.8. The van der Waals surface area contributed by atoms with Gasteiger partial charge in [-0.1, -0.05) is 35.3 Å². The Morgan fingerprint density at radius 1 is 1.06 bits per heavy atom. The SMILES string of the molecule is CCOc1ccc(CC(OC(C)C)C(=O)O)cc1NC(=O)OCc1ccc(Cl)c(Cl)c1. The highest BCUT2D eigenvalue weighted by atomic mass is 35.5. The van der Waals surface area contributed by atoms with Gasteiger partial charge < -0.3 is 19.3 Å². The number of carbonyl (C=O) groups excluding carboxylic acids is 1. The maximum absolute atomic E-state index is 12.3. The van der Waals surface area contributed by atoms with Gasteiger partial charge in [0.1, 0.15) is 12.4 Å². The Morgan fingerprint density at radius 2 is 1.77 bits per heavy atom. The number of ether oxygens (including phenoxy) is 3. The van der Waals surface area contributed by atoms with Gasteiger partial charge in [0.15, 0.2) is 6.10 Å². The molecule has 0 aliphatic carbocycles. The summed E-state index contributed by atoms with van der Waals surface area (Å²) in [5.41, 5.74) is 1.71. The number of carboxylic acid groups (broad SMARTS) is 1. The third-order valence-electron chi connectivity index (χ3n) is 4.07. The van der Waals surface area contributed by atoms with Gasteiger partial charge in [-0.25, -0.2) is 9.59 Å². The van der Waals surface area contributed by atoms with Gasteiger partial charge in [0.25, 0.3) is 0 Å². The standard InChI is InChI=1S/C22H25Cl2NO6/c1-4-29-19-8-6-14(11-20(21(26)27)31-13(2)3)10-18(19)25-22(28)30-12-15-5-7-16(23)17(24)9-15/h5-10,13,20H,4,11-12H2,1-3H3,(H,25,28)(H,26,27). The molecule has 31 heavy (non-hydrogen) atoms. The van der Waals surface area contributed by atoms with Crippen molar-refractivity contribution in [2.75, 3.05) is 11.9 Å². The summed E-state index contributed by atoms with van der Waals surface area (Å²) in [6, 6.07) is 9.98. The molecule has 9 heteroatoms. The van der Waals surface area contributed by atoms with Crippen molar-refractivity contribution in [1.82, 2.24) is 0 Å². The van der Waals surface area contributed by atoms with E-state index in [-0.39, 0.29) is 19.1 Å². The number of nitrogens with one attached hydrogen (secondary N) is 1. The Bertz CT molecular complexity index is 919. The van der Waals surface area contributed by atoms with Crippen LogP contribution in [0.5, 0.6) is 5.75 Å². The van der Waals surface area contributed by atoms with E-state index in [0.29, 0.717) is 39.2 Å². The van der Waals surface area contributed by atoms with Crippen LogP contribution >= 0.6 is 23.2 Å². The number of benzene rings is 2. The number of anilines is 1. The van der Waals surface area contributed by atoms with E-state index in [4.69, 9.17) is 37.4 Å². The maximum Gasteiger partial charge on any atom is 0.412 e. The van der Waals surface area contributed by atoms with Crippen LogP contribution in [0.4, 0.5) is 10.5 Å². The molecule has 2 aromatic carbocycles. The molecule has 7 nitrogen and oxygen atoms in total. The lowest BCUT2D eigenvalue weighted by Crippen LogP contribution is -2.29. The van der Waals surface area contributed by atoms with Crippen molar-refractivity contribution in [3.05, 3.63) is 57.6 Å². The summed E-state index contributed by atoms with van der Waals surface area (Å²) in [4.78, 5) is 23.8. The fourth-order valence-electron chi connectivity index (χ4n) is 2.74. The molecule has 168 valence electrons. The number of hydrogen-bond acceptors (Lipinski definition) is 5. The van der Waals surface area contributed by atoms with Crippen molar-refractivity contribution in [3.8, 4) is 5.75 Å². The van der Waals surface area contributed by atoms with E-state index in [9.17, 15) is 14.7 Å². The van der Waals surface area contributed by atoms with E-state index in [0.717, 1.165) is 0 Å². The summed E-state index contributed by atoms with van der Waals surface area (Å²) in [6.45, 7) is 5.74. The van der Waals surface area contributed by atoms with Gasteiger partial charge in [-0.15, -0.1) is 0 Å². The minimum absolute atomic E-state index is 0.00427. The first-order chi connectivity index (χ1) is 14.7. The molecule has 0 heterocycles. The van der Waals surface area contributed by atoms with Crippen LogP contribution in [-0.4, -0.2) is 36.0 Å². The van der Waals surface area contributed by atoms with Gasteiger partial charge >= 0.3 is 12.1 Å².